The summed E-state index contributed by atoms with van der Waals surface area (Å²) in [5.74, 6) is 0.0659. The Hall–Kier alpha value is -0.810. The van der Waals surface area contributed by atoms with E-state index in [1.807, 2.05) is 31.3 Å². The minimum Gasteiger partial charge on any atom is -0.381 e. The van der Waals surface area contributed by atoms with E-state index in [2.05, 4.69) is 10.6 Å². The highest BCUT2D eigenvalue weighted by Gasteiger charge is 2.35. The number of amides is 1. The number of carbonyl (C=O) groups is 1. The van der Waals surface area contributed by atoms with E-state index in [4.69, 9.17) is 16.3 Å². The van der Waals surface area contributed by atoms with Crippen LogP contribution in [0.4, 0.5) is 0 Å². The maximum Gasteiger partial charge on any atom is 0.221 e. The predicted octanol–water partition coefficient (Wildman–Crippen LogP) is 2.49. The number of hydrogen-bond acceptors (Lipinski definition) is 3. The van der Waals surface area contributed by atoms with Crippen molar-refractivity contribution in [1.29, 1.82) is 0 Å². The van der Waals surface area contributed by atoms with E-state index in [0.29, 0.717) is 31.2 Å². The van der Waals surface area contributed by atoms with Crippen LogP contribution in [0.2, 0.25) is 5.02 Å². The van der Waals surface area contributed by atoms with Crippen LogP contribution in [0.3, 0.4) is 0 Å². The van der Waals surface area contributed by atoms with Crippen molar-refractivity contribution in [3.8, 4) is 0 Å². The van der Waals surface area contributed by atoms with Crippen LogP contribution in [-0.2, 0) is 15.1 Å². The molecule has 4 nitrogen and oxygen atoms in total. The van der Waals surface area contributed by atoms with Gasteiger partial charge in [-0.1, -0.05) is 23.7 Å². The molecule has 1 amide bonds. The van der Waals surface area contributed by atoms with Gasteiger partial charge < -0.3 is 15.4 Å². The first-order valence-electron chi connectivity index (χ1n) is 6.96. The number of benzene rings is 1. The predicted molar refractivity (Wildman–Crippen MR) is 87.1 cm³/mol. The van der Waals surface area contributed by atoms with Gasteiger partial charge in [0, 0.05) is 31.2 Å². The van der Waals surface area contributed by atoms with Crippen LogP contribution in [-0.4, -0.2) is 32.7 Å². The van der Waals surface area contributed by atoms with Crippen LogP contribution in [0.1, 0.15) is 24.8 Å². The van der Waals surface area contributed by atoms with Gasteiger partial charge in [0.05, 0.1) is 5.54 Å². The second-order valence-electron chi connectivity index (χ2n) is 5.10. The van der Waals surface area contributed by atoms with E-state index in [1.165, 1.54) is 0 Å². The van der Waals surface area contributed by atoms with Gasteiger partial charge in [0.1, 0.15) is 0 Å². The normalized spacial score (nSPS) is 16.9. The summed E-state index contributed by atoms with van der Waals surface area (Å²) in [6, 6.07) is 7.72. The van der Waals surface area contributed by atoms with Gasteiger partial charge in [-0.25, -0.2) is 0 Å². The first kappa shape index (κ1) is 18.2. The third-order valence-electron chi connectivity index (χ3n) is 3.72. The Labute approximate surface area is 137 Å². The third kappa shape index (κ3) is 4.85. The van der Waals surface area contributed by atoms with Gasteiger partial charge in [-0.3, -0.25) is 4.79 Å². The van der Waals surface area contributed by atoms with E-state index in [-0.39, 0.29) is 23.9 Å². The maximum atomic E-state index is 12.1. The molecule has 21 heavy (non-hydrogen) atoms. The van der Waals surface area contributed by atoms with Crippen molar-refractivity contribution in [1.82, 2.24) is 10.6 Å². The van der Waals surface area contributed by atoms with Crippen molar-refractivity contribution in [2.24, 2.45) is 0 Å². The summed E-state index contributed by atoms with van der Waals surface area (Å²) in [7, 11) is 1.84. The summed E-state index contributed by atoms with van der Waals surface area (Å²) in [4.78, 5) is 12.1. The second-order valence-corrected chi connectivity index (χ2v) is 5.54. The number of halogens is 2. The highest BCUT2D eigenvalue weighted by molar-refractivity contribution is 6.30. The van der Waals surface area contributed by atoms with Gasteiger partial charge >= 0.3 is 0 Å². The number of carbonyl (C=O) groups excluding carboxylic acids is 1. The zero-order chi connectivity index (χ0) is 14.4. The second kappa shape index (κ2) is 8.59. The molecule has 1 aliphatic heterocycles. The summed E-state index contributed by atoms with van der Waals surface area (Å²) in [6.45, 7) is 2.00. The van der Waals surface area contributed by atoms with Crippen LogP contribution in [0.15, 0.2) is 24.3 Å². The molecule has 118 valence electrons. The van der Waals surface area contributed by atoms with Crippen LogP contribution in [0.25, 0.3) is 0 Å². The lowest BCUT2D eigenvalue weighted by molar-refractivity contribution is -0.124. The quantitative estimate of drug-likeness (QED) is 0.870. The van der Waals surface area contributed by atoms with Crippen LogP contribution < -0.4 is 10.6 Å². The molecule has 0 bridgehead atoms. The molecule has 0 unspecified atom stereocenters. The van der Waals surface area contributed by atoms with Crippen LogP contribution in [0.5, 0.6) is 0 Å². The molecule has 6 heteroatoms. The summed E-state index contributed by atoms with van der Waals surface area (Å²) in [5, 5.41) is 6.90. The monoisotopic (exact) mass is 332 g/mol. The fourth-order valence-electron chi connectivity index (χ4n) is 2.54. The van der Waals surface area contributed by atoms with E-state index >= 15 is 0 Å². The standard InChI is InChI=1S/C15H21ClN2O2.ClH/c1-17-9-6-14(19)18-15(7-10-20-11-8-15)12-2-4-13(16)5-3-12;/h2-5,17H,6-11H2,1H3,(H,18,19);1H. The highest BCUT2D eigenvalue weighted by Crippen LogP contribution is 2.32. The molecule has 1 aromatic carbocycles. The molecule has 2 N–H and O–H groups in total. The van der Waals surface area contributed by atoms with Gasteiger partial charge in [-0.15, -0.1) is 12.4 Å². The Morgan fingerprint density at radius 2 is 1.90 bits per heavy atom. The number of rotatable bonds is 5. The molecule has 0 atom stereocenters. The molecule has 0 radical (unpaired) electrons. The third-order valence-corrected chi connectivity index (χ3v) is 3.98. The number of nitrogens with one attached hydrogen (secondary N) is 2. The molecule has 0 saturated carbocycles. The smallest absolute Gasteiger partial charge is 0.221 e. The molecule has 1 fully saturated rings. The summed E-state index contributed by atoms with van der Waals surface area (Å²) < 4.78 is 5.44. The Morgan fingerprint density at radius 1 is 1.29 bits per heavy atom. The van der Waals surface area contributed by atoms with Crippen molar-refractivity contribution in [3.05, 3.63) is 34.9 Å². The van der Waals surface area contributed by atoms with Gasteiger partial charge in [0.2, 0.25) is 5.91 Å². The van der Waals surface area contributed by atoms with Gasteiger partial charge in [-0.2, -0.15) is 0 Å². The molecule has 1 aromatic rings. The van der Waals surface area contributed by atoms with Crippen molar-refractivity contribution < 1.29 is 9.53 Å². The molecule has 1 heterocycles. The van der Waals surface area contributed by atoms with Crippen molar-refractivity contribution in [2.75, 3.05) is 26.8 Å². The molecule has 2 rings (SSSR count). The van der Waals surface area contributed by atoms with Crippen molar-refractivity contribution in [3.63, 3.8) is 0 Å². The molecule has 0 spiro atoms. The SMILES string of the molecule is CNCCC(=O)NC1(c2ccc(Cl)cc2)CCOCC1.Cl. The Kier molecular flexibility index (Phi) is 7.46. The number of ether oxygens (including phenoxy) is 1. The summed E-state index contributed by atoms with van der Waals surface area (Å²) >= 11 is 5.95. The average Bonchev–Trinajstić information content (AvgIpc) is 2.46. The minimum absolute atomic E-state index is 0. The average molecular weight is 333 g/mol. The van der Waals surface area contributed by atoms with Crippen molar-refractivity contribution >= 4 is 29.9 Å². The van der Waals surface area contributed by atoms with Gasteiger partial charge in [0.25, 0.3) is 0 Å². The summed E-state index contributed by atoms with van der Waals surface area (Å²) in [6.07, 6.45) is 2.06. The number of hydrogen-bond donors (Lipinski definition) is 2. The Morgan fingerprint density at radius 3 is 2.48 bits per heavy atom. The van der Waals surface area contributed by atoms with Crippen LogP contribution >= 0.6 is 24.0 Å². The first-order chi connectivity index (χ1) is 9.66. The maximum absolute atomic E-state index is 12.1. The first-order valence-corrected chi connectivity index (χ1v) is 7.33. The highest BCUT2D eigenvalue weighted by atomic mass is 35.5. The molecule has 0 aliphatic carbocycles. The summed E-state index contributed by atoms with van der Waals surface area (Å²) in [5.41, 5.74) is 0.774. The van der Waals surface area contributed by atoms with Gasteiger partial charge in [-0.05, 0) is 37.6 Å². The fourth-order valence-corrected chi connectivity index (χ4v) is 2.67. The molecule has 1 saturated heterocycles. The van der Waals surface area contributed by atoms with E-state index in [0.717, 1.165) is 18.4 Å². The Balaban J connectivity index is 0.00000220. The lowest BCUT2D eigenvalue weighted by Crippen LogP contribution is -2.49. The lowest BCUT2D eigenvalue weighted by atomic mass is 9.82. The lowest BCUT2D eigenvalue weighted by Gasteiger charge is -2.38. The molecular weight excluding hydrogens is 311 g/mol. The zero-order valence-electron chi connectivity index (χ0n) is 12.2. The molecular formula is C15H22Cl2N2O2. The van der Waals surface area contributed by atoms with Crippen molar-refractivity contribution in [2.45, 2.75) is 24.8 Å². The van der Waals surface area contributed by atoms with E-state index in [9.17, 15) is 4.79 Å². The molecule has 0 aromatic heterocycles. The Bertz CT molecular complexity index is 445. The largest absolute Gasteiger partial charge is 0.381 e. The van der Waals surface area contributed by atoms with Crippen LogP contribution in [0, 0.1) is 0 Å². The topological polar surface area (TPSA) is 50.4 Å². The minimum atomic E-state index is -0.326. The van der Waals surface area contributed by atoms with Gasteiger partial charge in [0.15, 0.2) is 0 Å². The zero-order valence-corrected chi connectivity index (χ0v) is 13.7. The van der Waals surface area contributed by atoms with E-state index < -0.39 is 0 Å². The van der Waals surface area contributed by atoms with E-state index in [1.54, 1.807) is 0 Å². The molecule has 1 aliphatic rings. The fraction of sp³-hybridized carbons (Fsp3) is 0.533.